The molecule has 3 heteroatoms. The van der Waals surface area contributed by atoms with Gasteiger partial charge in [0.05, 0.1) is 19.1 Å². The number of benzene rings is 2. The molecule has 0 heterocycles. The fourth-order valence-electron chi connectivity index (χ4n) is 4.96. The van der Waals surface area contributed by atoms with E-state index in [4.69, 9.17) is 9.47 Å². The predicted octanol–water partition coefficient (Wildman–Crippen LogP) is 6.51. The molecule has 2 saturated carbocycles. The van der Waals surface area contributed by atoms with Gasteiger partial charge in [-0.2, -0.15) is 0 Å². The summed E-state index contributed by atoms with van der Waals surface area (Å²) >= 11 is 0. The normalized spacial score (nSPS) is 27.8. The van der Waals surface area contributed by atoms with E-state index in [0.717, 1.165) is 18.4 Å². The molecule has 2 aliphatic carbocycles. The lowest BCUT2D eigenvalue weighted by molar-refractivity contribution is -0.158. The quantitative estimate of drug-likeness (QED) is 0.457. The molecule has 5 atom stereocenters. The first kappa shape index (κ1) is 22.1. The van der Waals surface area contributed by atoms with Crippen LogP contribution in [0.2, 0.25) is 0 Å². The Morgan fingerprint density at radius 1 is 0.968 bits per heavy atom. The lowest BCUT2D eigenvalue weighted by atomic mass is 9.75. The second-order valence-electron chi connectivity index (χ2n) is 9.98. The van der Waals surface area contributed by atoms with Gasteiger partial charge in [0, 0.05) is 0 Å². The second-order valence-corrected chi connectivity index (χ2v) is 9.98. The van der Waals surface area contributed by atoms with Crippen molar-refractivity contribution < 1.29 is 14.3 Å². The molecule has 0 saturated heterocycles. The van der Waals surface area contributed by atoms with Gasteiger partial charge in [-0.1, -0.05) is 81.8 Å². The molecule has 2 fully saturated rings. The molecular formula is C28H36O3. The minimum Gasteiger partial charge on any atom is -0.462 e. The molecule has 0 aliphatic heterocycles. The van der Waals surface area contributed by atoms with E-state index >= 15 is 0 Å². The van der Waals surface area contributed by atoms with E-state index in [0.29, 0.717) is 36.9 Å². The highest BCUT2D eigenvalue weighted by Gasteiger charge is 2.46. The van der Waals surface area contributed by atoms with Crippen LogP contribution >= 0.6 is 0 Å². The molecule has 0 aromatic heterocycles. The number of ether oxygens (including phenoxy) is 2. The van der Waals surface area contributed by atoms with Crippen molar-refractivity contribution in [2.75, 3.05) is 6.61 Å². The molecule has 0 bridgehead atoms. The number of esters is 1. The minimum absolute atomic E-state index is 0.00515. The molecule has 166 valence electrons. The Hall–Kier alpha value is -2.13. The predicted molar refractivity (Wildman–Crippen MR) is 124 cm³/mol. The lowest BCUT2D eigenvalue weighted by Gasteiger charge is -2.36. The number of hydrogen-bond acceptors (Lipinski definition) is 3. The Kier molecular flexibility index (Phi) is 7.12. The van der Waals surface area contributed by atoms with Crippen LogP contribution in [0.3, 0.4) is 0 Å². The van der Waals surface area contributed by atoms with E-state index < -0.39 is 0 Å². The molecule has 4 rings (SSSR count). The van der Waals surface area contributed by atoms with Crippen LogP contribution < -0.4 is 0 Å². The highest BCUT2D eigenvalue weighted by Crippen LogP contribution is 2.42. The molecule has 5 unspecified atom stereocenters. The van der Waals surface area contributed by atoms with Gasteiger partial charge in [0.15, 0.2) is 0 Å². The summed E-state index contributed by atoms with van der Waals surface area (Å²) in [5.41, 5.74) is 3.60. The van der Waals surface area contributed by atoms with Gasteiger partial charge >= 0.3 is 5.97 Å². The largest absolute Gasteiger partial charge is 0.462 e. The zero-order chi connectivity index (χ0) is 21.8. The van der Waals surface area contributed by atoms with Crippen molar-refractivity contribution in [2.24, 2.45) is 29.6 Å². The summed E-state index contributed by atoms with van der Waals surface area (Å²) in [6.45, 7) is 8.00. The summed E-state index contributed by atoms with van der Waals surface area (Å²) in [5, 5.41) is 0. The zero-order valence-electron chi connectivity index (χ0n) is 19.1. The summed E-state index contributed by atoms with van der Waals surface area (Å²) < 4.78 is 11.9. The van der Waals surface area contributed by atoms with Gasteiger partial charge in [-0.25, -0.2) is 0 Å². The molecule has 2 aromatic carbocycles. The first-order valence-corrected chi connectivity index (χ1v) is 11.9. The smallest absolute Gasteiger partial charge is 0.309 e. The molecule has 0 amide bonds. The Labute approximate surface area is 187 Å². The highest BCUT2D eigenvalue weighted by molar-refractivity contribution is 5.76. The summed E-state index contributed by atoms with van der Waals surface area (Å²) in [5.74, 6) is 2.08. The van der Waals surface area contributed by atoms with Crippen molar-refractivity contribution in [1.82, 2.24) is 0 Å². The first-order chi connectivity index (χ1) is 15.0. The summed E-state index contributed by atoms with van der Waals surface area (Å²) in [6, 6.07) is 18.9. The molecule has 0 radical (unpaired) electrons. The molecule has 3 nitrogen and oxygen atoms in total. The molecule has 31 heavy (non-hydrogen) atoms. The Balaban J connectivity index is 1.20. The number of carbonyl (C=O) groups is 1. The molecule has 0 spiro atoms. The van der Waals surface area contributed by atoms with Crippen LogP contribution in [0, 0.1) is 29.6 Å². The van der Waals surface area contributed by atoms with Gasteiger partial charge in [-0.05, 0) is 59.6 Å². The fraction of sp³-hybridized carbons (Fsp3) is 0.536. The highest BCUT2D eigenvalue weighted by atomic mass is 16.5. The first-order valence-electron chi connectivity index (χ1n) is 11.9. The van der Waals surface area contributed by atoms with Crippen molar-refractivity contribution in [3.8, 4) is 11.1 Å². The fourth-order valence-corrected chi connectivity index (χ4v) is 4.96. The topological polar surface area (TPSA) is 35.5 Å². The zero-order valence-corrected chi connectivity index (χ0v) is 19.1. The van der Waals surface area contributed by atoms with E-state index in [2.05, 4.69) is 69.3 Å². The van der Waals surface area contributed by atoms with E-state index in [1.807, 2.05) is 6.07 Å². The van der Waals surface area contributed by atoms with Gasteiger partial charge in [-0.15, -0.1) is 0 Å². The number of carbonyl (C=O) groups excluding carboxylic acids is 1. The molecule has 0 N–H and O–H groups in total. The second kappa shape index (κ2) is 9.99. The third-order valence-corrected chi connectivity index (χ3v) is 7.12. The third kappa shape index (κ3) is 5.77. The van der Waals surface area contributed by atoms with Gasteiger partial charge in [0.25, 0.3) is 0 Å². The Morgan fingerprint density at radius 3 is 2.39 bits per heavy atom. The van der Waals surface area contributed by atoms with Gasteiger partial charge in [0.2, 0.25) is 0 Å². The van der Waals surface area contributed by atoms with Crippen molar-refractivity contribution in [2.45, 2.75) is 59.2 Å². The maximum atomic E-state index is 12.7. The summed E-state index contributed by atoms with van der Waals surface area (Å²) in [4.78, 5) is 12.7. The maximum absolute atomic E-state index is 12.7. The SMILES string of the molecule is CC1CCC(C(C)C)C(OC(=O)C2CC2COCc2ccc(-c3ccccc3)cc2)C1. The Morgan fingerprint density at radius 2 is 1.68 bits per heavy atom. The lowest BCUT2D eigenvalue weighted by Crippen LogP contribution is -2.36. The van der Waals surface area contributed by atoms with Crippen molar-refractivity contribution in [3.63, 3.8) is 0 Å². The van der Waals surface area contributed by atoms with Crippen LogP contribution in [-0.2, 0) is 20.9 Å². The third-order valence-electron chi connectivity index (χ3n) is 7.12. The number of hydrogen-bond donors (Lipinski definition) is 0. The van der Waals surface area contributed by atoms with Crippen molar-refractivity contribution >= 4 is 5.97 Å². The monoisotopic (exact) mass is 420 g/mol. The van der Waals surface area contributed by atoms with E-state index in [-0.39, 0.29) is 18.0 Å². The van der Waals surface area contributed by atoms with E-state index in [1.165, 1.54) is 24.0 Å². The van der Waals surface area contributed by atoms with Gasteiger partial charge in [-0.3, -0.25) is 4.79 Å². The summed E-state index contributed by atoms with van der Waals surface area (Å²) in [6.07, 6.45) is 4.45. The van der Waals surface area contributed by atoms with E-state index in [9.17, 15) is 4.79 Å². The van der Waals surface area contributed by atoms with E-state index in [1.54, 1.807) is 0 Å². The molecular weight excluding hydrogens is 384 g/mol. The van der Waals surface area contributed by atoms with Gasteiger partial charge < -0.3 is 9.47 Å². The average Bonchev–Trinajstić information content (AvgIpc) is 3.54. The average molecular weight is 421 g/mol. The number of rotatable bonds is 8. The van der Waals surface area contributed by atoms with Crippen LogP contribution in [0.25, 0.3) is 11.1 Å². The molecule has 2 aliphatic rings. The van der Waals surface area contributed by atoms with Crippen LogP contribution in [0.1, 0.15) is 52.0 Å². The summed E-state index contributed by atoms with van der Waals surface area (Å²) in [7, 11) is 0. The Bertz CT molecular complexity index is 842. The standard InChI is InChI=1S/C28H36O3/c1-19(2)25-14-9-20(3)15-27(25)31-28(29)26-16-24(26)18-30-17-21-10-12-23(13-11-21)22-7-5-4-6-8-22/h4-8,10-13,19-20,24-27H,9,14-18H2,1-3H3. The van der Waals surface area contributed by atoms with Crippen molar-refractivity contribution in [3.05, 3.63) is 60.2 Å². The molecule has 2 aromatic rings. The van der Waals surface area contributed by atoms with Crippen LogP contribution in [0.15, 0.2) is 54.6 Å². The van der Waals surface area contributed by atoms with Crippen LogP contribution in [-0.4, -0.2) is 18.7 Å². The minimum atomic E-state index is 0.00515. The van der Waals surface area contributed by atoms with Gasteiger partial charge in [0.1, 0.15) is 6.10 Å². The van der Waals surface area contributed by atoms with Crippen LogP contribution in [0.5, 0.6) is 0 Å². The maximum Gasteiger partial charge on any atom is 0.309 e. The van der Waals surface area contributed by atoms with Crippen LogP contribution in [0.4, 0.5) is 0 Å². The van der Waals surface area contributed by atoms with Crippen molar-refractivity contribution in [1.29, 1.82) is 0 Å².